The van der Waals surface area contributed by atoms with Crippen LogP contribution in [0.3, 0.4) is 0 Å². The van der Waals surface area contributed by atoms with Crippen molar-refractivity contribution < 1.29 is 24.2 Å². The predicted molar refractivity (Wildman–Crippen MR) is 113 cm³/mol. The molecule has 0 radical (unpaired) electrons. The molecule has 30 heavy (non-hydrogen) atoms. The van der Waals surface area contributed by atoms with Gasteiger partial charge in [0.15, 0.2) is 0 Å². The van der Waals surface area contributed by atoms with Crippen LogP contribution in [0.5, 0.6) is 5.75 Å². The van der Waals surface area contributed by atoms with Crippen molar-refractivity contribution >= 4 is 17.9 Å². The highest BCUT2D eigenvalue weighted by molar-refractivity contribution is 5.94. The summed E-state index contributed by atoms with van der Waals surface area (Å²) in [6.07, 6.45) is 2.34. The lowest BCUT2D eigenvalue weighted by Gasteiger charge is -2.33. The second kappa shape index (κ2) is 10.8. The van der Waals surface area contributed by atoms with E-state index in [1.165, 1.54) is 12.1 Å². The molecule has 1 saturated heterocycles. The molecule has 1 aliphatic rings. The number of piperidine rings is 1. The zero-order chi connectivity index (χ0) is 22.1. The van der Waals surface area contributed by atoms with Crippen LogP contribution in [-0.4, -0.2) is 59.7 Å². The van der Waals surface area contributed by atoms with Crippen LogP contribution >= 0.6 is 0 Å². The molecule has 3 amide bonds. The van der Waals surface area contributed by atoms with Gasteiger partial charge in [-0.2, -0.15) is 0 Å². The van der Waals surface area contributed by atoms with E-state index in [1.807, 2.05) is 20.8 Å². The van der Waals surface area contributed by atoms with Gasteiger partial charge in [-0.25, -0.2) is 4.79 Å². The fraction of sp³-hybridized carbons (Fsp3) is 0.591. The second-order valence-corrected chi connectivity index (χ2v) is 8.62. The smallest absolute Gasteiger partial charge is 0.410 e. The van der Waals surface area contributed by atoms with Crippen molar-refractivity contribution in [2.45, 2.75) is 52.1 Å². The van der Waals surface area contributed by atoms with Crippen molar-refractivity contribution in [3.05, 3.63) is 29.8 Å². The average Bonchev–Trinajstić information content (AvgIpc) is 2.66. The quantitative estimate of drug-likeness (QED) is 0.589. The van der Waals surface area contributed by atoms with Gasteiger partial charge in [0.25, 0.3) is 5.91 Å². The number of rotatable bonds is 7. The summed E-state index contributed by atoms with van der Waals surface area (Å²) in [7, 11) is 0. The lowest BCUT2D eigenvalue weighted by Crippen LogP contribution is -2.42. The summed E-state index contributed by atoms with van der Waals surface area (Å²) in [6.45, 7) is 7.67. The number of hydrogen-bond donors (Lipinski definition) is 3. The molecular formula is C22H33N3O5. The summed E-state index contributed by atoms with van der Waals surface area (Å²) in [4.78, 5) is 37.9. The summed E-state index contributed by atoms with van der Waals surface area (Å²) in [6, 6.07) is 6.16. The Kier molecular flexibility index (Phi) is 8.50. The molecule has 0 bridgehead atoms. The third-order valence-electron chi connectivity index (χ3n) is 4.81. The van der Waals surface area contributed by atoms with Crippen molar-refractivity contribution in [2.24, 2.45) is 5.92 Å². The van der Waals surface area contributed by atoms with Crippen LogP contribution in [0, 0.1) is 5.92 Å². The maximum Gasteiger partial charge on any atom is 0.410 e. The molecule has 1 aliphatic heterocycles. The number of carbonyl (C=O) groups is 3. The molecule has 0 unspecified atom stereocenters. The first-order valence-electron chi connectivity index (χ1n) is 10.5. The molecule has 0 aliphatic carbocycles. The van der Waals surface area contributed by atoms with Crippen LogP contribution < -0.4 is 10.6 Å². The number of nitrogens with zero attached hydrogens (tertiary/aromatic N) is 1. The van der Waals surface area contributed by atoms with Gasteiger partial charge < -0.3 is 25.4 Å². The van der Waals surface area contributed by atoms with E-state index in [0.717, 1.165) is 12.8 Å². The van der Waals surface area contributed by atoms with Crippen LogP contribution in [0.2, 0.25) is 0 Å². The Labute approximate surface area is 178 Å². The Bertz CT molecular complexity index is 737. The molecule has 1 heterocycles. The highest BCUT2D eigenvalue weighted by atomic mass is 16.6. The monoisotopic (exact) mass is 419 g/mol. The topological polar surface area (TPSA) is 108 Å². The molecule has 0 saturated carbocycles. The first-order valence-corrected chi connectivity index (χ1v) is 10.5. The van der Waals surface area contributed by atoms with Crippen LogP contribution in [0.25, 0.3) is 0 Å². The number of benzene rings is 1. The molecule has 1 fully saturated rings. The Balaban J connectivity index is 1.57. The number of likely N-dealkylation sites (tertiary alicyclic amines) is 1. The molecule has 3 N–H and O–H groups in total. The zero-order valence-electron chi connectivity index (χ0n) is 18.1. The number of carbonyl (C=O) groups excluding carboxylic acids is 3. The first kappa shape index (κ1) is 23.5. The molecule has 0 spiro atoms. The van der Waals surface area contributed by atoms with Gasteiger partial charge in [0.05, 0.1) is 0 Å². The third kappa shape index (κ3) is 8.31. The van der Waals surface area contributed by atoms with Gasteiger partial charge in [-0.15, -0.1) is 0 Å². The fourth-order valence-corrected chi connectivity index (χ4v) is 3.25. The minimum atomic E-state index is -0.504. The Morgan fingerprint density at radius 2 is 1.80 bits per heavy atom. The number of nitrogens with one attached hydrogen (secondary N) is 2. The normalized spacial score (nSPS) is 14.8. The molecule has 2 rings (SSSR count). The molecule has 8 nitrogen and oxygen atoms in total. The average molecular weight is 420 g/mol. The second-order valence-electron chi connectivity index (χ2n) is 8.62. The fourth-order valence-electron chi connectivity index (χ4n) is 3.25. The number of amides is 3. The predicted octanol–water partition coefficient (Wildman–Crippen LogP) is 2.67. The Morgan fingerprint density at radius 1 is 1.13 bits per heavy atom. The Hall–Kier alpha value is -2.77. The summed E-state index contributed by atoms with van der Waals surface area (Å²) in [5, 5.41) is 15.0. The highest BCUT2D eigenvalue weighted by Gasteiger charge is 2.27. The number of phenols is 1. The summed E-state index contributed by atoms with van der Waals surface area (Å²) in [5.41, 5.74) is -0.104. The molecule has 166 valence electrons. The van der Waals surface area contributed by atoms with Crippen LogP contribution in [0.1, 0.15) is 56.8 Å². The minimum Gasteiger partial charge on any atom is -0.508 e. The van der Waals surface area contributed by atoms with Crippen molar-refractivity contribution in [1.82, 2.24) is 15.5 Å². The van der Waals surface area contributed by atoms with Gasteiger partial charge in [-0.05, 0) is 64.2 Å². The standard InChI is InChI=1S/C22H33N3O5/c1-22(2,3)30-21(29)25-12-8-16(9-13-25)14-19(27)23-10-5-11-24-20(28)17-6-4-7-18(26)15-17/h4,6-7,15-16,26H,5,8-14H2,1-3H3,(H,23,27)(H,24,28). The van der Waals surface area contributed by atoms with E-state index in [4.69, 9.17) is 4.74 Å². The minimum absolute atomic E-state index is 0.00923. The molecule has 0 atom stereocenters. The number of aromatic hydroxyl groups is 1. The van der Waals surface area contributed by atoms with E-state index in [2.05, 4.69) is 10.6 Å². The molecule has 1 aromatic rings. The summed E-state index contributed by atoms with van der Waals surface area (Å²) in [5.74, 6) is 0.0417. The zero-order valence-corrected chi connectivity index (χ0v) is 18.1. The molecule has 8 heteroatoms. The molecular weight excluding hydrogens is 386 g/mol. The van der Waals surface area contributed by atoms with Gasteiger partial charge in [0.2, 0.25) is 5.91 Å². The summed E-state index contributed by atoms with van der Waals surface area (Å²) < 4.78 is 5.39. The van der Waals surface area contributed by atoms with Crippen molar-refractivity contribution in [2.75, 3.05) is 26.2 Å². The Morgan fingerprint density at radius 3 is 2.43 bits per heavy atom. The summed E-state index contributed by atoms with van der Waals surface area (Å²) >= 11 is 0. The van der Waals surface area contributed by atoms with Crippen molar-refractivity contribution in [1.29, 1.82) is 0 Å². The number of phenolic OH excluding ortho intramolecular Hbond substituents is 1. The van der Waals surface area contributed by atoms with E-state index in [9.17, 15) is 19.5 Å². The van der Waals surface area contributed by atoms with Gasteiger partial charge in [-0.1, -0.05) is 6.07 Å². The maximum absolute atomic E-state index is 12.1. The maximum atomic E-state index is 12.1. The molecule has 0 aromatic heterocycles. The van der Waals surface area contributed by atoms with Crippen LogP contribution in [0.15, 0.2) is 24.3 Å². The van der Waals surface area contributed by atoms with E-state index < -0.39 is 5.60 Å². The van der Waals surface area contributed by atoms with Crippen LogP contribution in [-0.2, 0) is 9.53 Å². The van der Waals surface area contributed by atoms with E-state index in [1.54, 1.807) is 17.0 Å². The van der Waals surface area contributed by atoms with Gasteiger partial charge in [0, 0.05) is 38.2 Å². The number of ether oxygens (including phenoxy) is 1. The largest absolute Gasteiger partial charge is 0.508 e. The van der Waals surface area contributed by atoms with Gasteiger partial charge in [0.1, 0.15) is 11.4 Å². The first-order chi connectivity index (χ1) is 14.1. The lowest BCUT2D eigenvalue weighted by molar-refractivity contribution is -0.122. The van der Waals surface area contributed by atoms with Crippen molar-refractivity contribution in [3.8, 4) is 5.75 Å². The van der Waals surface area contributed by atoms with E-state index in [-0.39, 0.29) is 29.6 Å². The van der Waals surface area contributed by atoms with Gasteiger partial charge >= 0.3 is 6.09 Å². The lowest BCUT2D eigenvalue weighted by atomic mass is 9.93. The third-order valence-corrected chi connectivity index (χ3v) is 4.81. The SMILES string of the molecule is CC(C)(C)OC(=O)N1CCC(CC(=O)NCCCNC(=O)c2cccc(O)c2)CC1. The molecule has 1 aromatic carbocycles. The van der Waals surface area contributed by atoms with Crippen molar-refractivity contribution in [3.63, 3.8) is 0 Å². The van der Waals surface area contributed by atoms with E-state index in [0.29, 0.717) is 44.6 Å². The van der Waals surface area contributed by atoms with Gasteiger partial charge in [-0.3, -0.25) is 9.59 Å². The van der Waals surface area contributed by atoms with E-state index >= 15 is 0 Å². The van der Waals surface area contributed by atoms with Crippen LogP contribution in [0.4, 0.5) is 4.79 Å². The number of hydrogen-bond acceptors (Lipinski definition) is 5. The highest BCUT2D eigenvalue weighted by Crippen LogP contribution is 2.22.